The highest BCUT2D eigenvalue weighted by Gasteiger charge is 2.26. The van der Waals surface area contributed by atoms with Gasteiger partial charge in [0.2, 0.25) is 0 Å². The summed E-state index contributed by atoms with van der Waals surface area (Å²) in [6.45, 7) is 0. The lowest BCUT2D eigenvalue weighted by Crippen LogP contribution is -2.07. The molecule has 0 aliphatic heterocycles. The maximum atomic E-state index is 11.9. The van der Waals surface area contributed by atoms with Gasteiger partial charge in [0.25, 0.3) is 0 Å². The van der Waals surface area contributed by atoms with Gasteiger partial charge in [-0.05, 0) is 62.9 Å². The first kappa shape index (κ1) is 10.7. The van der Waals surface area contributed by atoms with E-state index in [1.165, 1.54) is 21.1 Å². The Morgan fingerprint density at radius 1 is 1.07 bits per heavy atom. The highest BCUT2D eigenvalue weighted by Crippen LogP contribution is 2.44. The number of carbonyl (C=O) groups is 1. The van der Waals surface area contributed by atoms with Crippen LogP contribution in [0, 0.1) is 5.77 Å². The monoisotopic (exact) mass is 458 g/mol. The van der Waals surface area contributed by atoms with Crippen molar-refractivity contribution >= 4 is 73.6 Å². The summed E-state index contributed by atoms with van der Waals surface area (Å²) in [5, 5.41) is 0. The van der Waals surface area contributed by atoms with Gasteiger partial charge in [-0.2, -0.15) is 0 Å². The Kier molecular flexibility index (Phi) is 2.69. The predicted molar refractivity (Wildman–Crippen MR) is 81.1 cm³/mol. The number of rotatable bonds is 0. The zero-order valence-electron chi connectivity index (χ0n) is 7.34. The van der Waals surface area contributed by atoms with Gasteiger partial charge in [0.1, 0.15) is 0 Å². The molecule has 1 aliphatic rings. The topological polar surface area (TPSA) is 17.1 Å². The average Bonchev–Trinajstić information content (AvgIpc) is 2.68. The van der Waals surface area contributed by atoms with E-state index >= 15 is 0 Å². The van der Waals surface area contributed by atoms with Gasteiger partial charge in [0.05, 0.1) is 10.6 Å². The third kappa shape index (κ3) is 1.71. The van der Waals surface area contributed by atoms with E-state index < -0.39 is 0 Å². The van der Waals surface area contributed by atoms with Gasteiger partial charge in [0, 0.05) is 16.9 Å². The summed E-state index contributed by atoms with van der Waals surface area (Å²) < 4.78 is 2.46. The summed E-state index contributed by atoms with van der Waals surface area (Å²) in [7, 11) is 0. The third-order valence-electron chi connectivity index (χ3n) is 2.34. The Balaban J connectivity index is 2.33. The number of Topliss-reactive ketones (excluding diaryl/α,β-unsaturated/α-hetero) is 1. The highest BCUT2D eigenvalue weighted by molar-refractivity contribution is 14.1. The first-order valence-corrected chi connectivity index (χ1v) is 8.05. The Morgan fingerprint density at radius 2 is 1.73 bits per heavy atom. The summed E-state index contributed by atoms with van der Waals surface area (Å²) in [4.78, 5) is 14.4. The number of fused-ring (bicyclic) bond motifs is 3. The zero-order chi connectivity index (χ0) is 10.6. The molecule has 0 N–H and O–H groups in total. The number of carbonyl (C=O) groups excluding carboxylic acids is 1. The fraction of sp³-hybridized carbons (Fsp3) is 0.100. The second-order valence-corrected chi connectivity index (χ2v) is 9.19. The van der Waals surface area contributed by atoms with Crippen LogP contribution in [0.15, 0.2) is 12.1 Å². The molecule has 0 spiro atoms. The minimum absolute atomic E-state index is 0.269. The van der Waals surface area contributed by atoms with E-state index in [-0.39, 0.29) is 5.78 Å². The van der Waals surface area contributed by atoms with Crippen molar-refractivity contribution in [3.05, 3.63) is 29.0 Å². The molecule has 15 heavy (non-hydrogen) atoms. The van der Waals surface area contributed by atoms with Crippen molar-refractivity contribution in [2.24, 2.45) is 0 Å². The van der Waals surface area contributed by atoms with E-state index in [0.717, 1.165) is 5.56 Å². The van der Waals surface area contributed by atoms with Crippen LogP contribution in [0.5, 0.6) is 0 Å². The van der Waals surface area contributed by atoms with E-state index in [9.17, 15) is 4.79 Å². The lowest BCUT2D eigenvalue weighted by molar-refractivity contribution is 0.0992. The minimum atomic E-state index is 0.269. The van der Waals surface area contributed by atoms with E-state index in [4.69, 9.17) is 0 Å². The molecule has 0 atom stereocenters. The molecule has 0 fully saturated rings. The molecule has 3 rings (SSSR count). The number of hydrogen-bond acceptors (Lipinski definition) is 3. The summed E-state index contributed by atoms with van der Waals surface area (Å²) in [6.07, 6.45) is 0.578. The van der Waals surface area contributed by atoms with E-state index in [2.05, 4.69) is 51.2 Å². The summed E-state index contributed by atoms with van der Waals surface area (Å²) in [6, 6.07) is 4.15. The molecule has 0 bridgehead atoms. The van der Waals surface area contributed by atoms with Gasteiger partial charge in [-0.1, -0.05) is 0 Å². The Labute approximate surface area is 122 Å². The lowest BCUT2D eigenvalue weighted by atomic mass is 9.97. The Hall–Kier alpha value is 0.530. The van der Waals surface area contributed by atoms with Crippen LogP contribution in [0.1, 0.15) is 15.9 Å². The van der Waals surface area contributed by atoms with Crippen molar-refractivity contribution in [3.8, 4) is 9.75 Å². The van der Waals surface area contributed by atoms with Crippen molar-refractivity contribution < 1.29 is 4.79 Å². The average molecular weight is 458 g/mol. The molecule has 0 radical (unpaired) electrons. The van der Waals surface area contributed by atoms with Crippen LogP contribution in [0.2, 0.25) is 0 Å². The zero-order valence-corrected chi connectivity index (χ0v) is 13.3. The molecule has 0 saturated carbocycles. The second-order valence-electron chi connectivity index (χ2n) is 3.30. The normalized spacial score (nSPS) is 13.9. The van der Waals surface area contributed by atoms with Crippen LogP contribution in [0.25, 0.3) is 9.75 Å². The van der Waals surface area contributed by atoms with Gasteiger partial charge in [-0.15, -0.1) is 22.7 Å². The predicted octanol–water partition coefficient (Wildman–Crippen LogP) is 4.42. The summed E-state index contributed by atoms with van der Waals surface area (Å²) in [5.41, 5.74) is 2.13. The molecule has 2 heterocycles. The molecule has 1 aliphatic carbocycles. The molecule has 2 aromatic heterocycles. The summed E-state index contributed by atoms with van der Waals surface area (Å²) in [5.74, 6) is 0.269. The van der Waals surface area contributed by atoms with Crippen molar-refractivity contribution in [3.63, 3.8) is 0 Å². The lowest BCUT2D eigenvalue weighted by Gasteiger charge is -2.09. The maximum absolute atomic E-state index is 11.9. The standard InChI is InChI=1S/C10H4I2OS2/c11-7-2-4-1-6(13)5-3-8(12)15-10(5)9(4)14-7/h2-3H,1H2. The molecule has 0 saturated heterocycles. The second kappa shape index (κ2) is 3.78. The molecule has 5 heteroatoms. The number of halogens is 2. The summed E-state index contributed by atoms with van der Waals surface area (Å²) >= 11 is 8.12. The molecule has 0 aromatic carbocycles. The van der Waals surface area contributed by atoms with Gasteiger partial charge in [-0.3, -0.25) is 4.79 Å². The minimum Gasteiger partial charge on any atom is -0.294 e. The van der Waals surface area contributed by atoms with Gasteiger partial charge >= 0.3 is 0 Å². The van der Waals surface area contributed by atoms with Crippen LogP contribution in [0.3, 0.4) is 0 Å². The van der Waals surface area contributed by atoms with E-state index in [1.54, 1.807) is 22.7 Å². The maximum Gasteiger partial charge on any atom is 0.168 e. The molecule has 0 amide bonds. The number of ketones is 1. The molecular formula is C10H4I2OS2. The molecular weight excluding hydrogens is 454 g/mol. The van der Waals surface area contributed by atoms with Crippen LogP contribution >= 0.6 is 67.9 Å². The van der Waals surface area contributed by atoms with Crippen LogP contribution in [-0.2, 0) is 6.42 Å². The number of hydrogen-bond donors (Lipinski definition) is 0. The van der Waals surface area contributed by atoms with Crippen LogP contribution in [-0.4, -0.2) is 5.78 Å². The molecule has 2 aromatic rings. The Morgan fingerprint density at radius 3 is 2.53 bits per heavy atom. The molecule has 76 valence electrons. The fourth-order valence-corrected chi connectivity index (χ4v) is 5.72. The SMILES string of the molecule is O=C1Cc2cc(I)sc2-c2sc(I)cc21. The van der Waals surface area contributed by atoms with Crippen molar-refractivity contribution in [2.45, 2.75) is 6.42 Å². The smallest absolute Gasteiger partial charge is 0.168 e. The first-order valence-electron chi connectivity index (χ1n) is 4.26. The largest absolute Gasteiger partial charge is 0.294 e. The van der Waals surface area contributed by atoms with Crippen molar-refractivity contribution in [2.75, 3.05) is 0 Å². The third-order valence-corrected chi connectivity index (χ3v) is 6.34. The van der Waals surface area contributed by atoms with Gasteiger partial charge in [0.15, 0.2) is 5.78 Å². The van der Waals surface area contributed by atoms with Crippen molar-refractivity contribution in [1.29, 1.82) is 0 Å². The van der Waals surface area contributed by atoms with Crippen molar-refractivity contribution in [1.82, 2.24) is 0 Å². The van der Waals surface area contributed by atoms with Crippen LogP contribution in [0.4, 0.5) is 0 Å². The fourth-order valence-electron chi connectivity index (χ4n) is 1.72. The van der Waals surface area contributed by atoms with Gasteiger partial charge < -0.3 is 0 Å². The highest BCUT2D eigenvalue weighted by atomic mass is 127. The molecule has 1 nitrogen and oxygen atoms in total. The van der Waals surface area contributed by atoms with E-state index in [0.29, 0.717) is 6.42 Å². The van der Waals surface area contributed by atoms with E-state index in [1.807, 2.05) is 6.07 Å². The van der Waals surface area contributed by atoms with Crippen LogP contribution < -0.4 is 0 Å². The quantitative estimate of drug-likeness (QED) is 0.535. The number of thiophene rings is 2. The first-order chi connectivity index (χ1) is 7.15. The molecule has 0 unspecified atom stereocenters. The van der Waals surface area contributed by atoms with Gasteiger partial charge in [-0.25, -0.2) is 0 Å². The Bertz CT molecular complexity index is 568.